The fourth-order valence-electron chi connectivity index (χ4n) is 3.00. The molecule has 1 aliphatic heterocycles. The topological polar surface area (TPSA) is 62.9 Å². The van der Waals surface area contributed by atoms with Crippen LogP contribution < -0.4 is 0 Å². The fraction of sp³-hybridized carbons (Fsp3) is 0.421. The van der Waals surface area contributed by atoms with Gasteiger partial charge in [-0.2, -0.15) is 0 Å². The second kappa shape index (κ2) is 8.13. The van der Waals surface area contributed by atoms with Crippen molar-refractivity contribution < 1.29 is 19.1 Å². The number of nitrogens with zero attached hydrogens (tertiary/aromatic N) is 1. The predicted octanol–water partition coefficient (Wildman–Crippen LogP) is 2.95. The number of ether oxygens (including phenoxy) is 1. The molecule has 1 aromatic carbocycles. The number of aliphatic hydroxyl groups excluding tert-OH is 1. The molecule has 3 rings (SSSR count). The summed E-state index contributed by atoms with van der Waals surface area (Å²) >= 11 is 0. The van der Waals surface area contributed by atoms with E-state index in [1.807, 2.05) is 41.3 Å². The summed E-state index contributed by atoms with van der Waals surface area (Å²) in [5.41, 5.74) is 1.82. The van der Waals surface area contributed by atoms with Crippen LogP contribution in [0.3, 0.4) is 0 Å². The van der Waals surface area contributed by atoms with Gasteiger partial charge in [-0.25, -0.2) is 0 Å². The maximum Gasteiger partial charge on any atom is 0.290 e. The zero-order valence-corrected chi connectivity index (χ0v) is 13.7. The number of rotatable bonds is 6. The van der Waals surface area contributed by atoms with Gasteiger partial charge in [0, 0.05) is 31.9 Å². The van der Waals surface area contributed by atoms with Gasteiger partial charge in [-0.3, -0.25) is 4.79 Å². The standard InChI is InChI=1S/C19H23NO4/c21-12-4-13-23-16-7-10-20(11-8-16)19(22)18-17(9-14-24-18)15-5-2-1-3-6-15/h1-3,5-6,9,14,16,21H,4,7-8,10-13H2. The van der Waals surface area contributed by atoms with Gasteiger partial charge >= 0.3 is 0 Å². The van der Waals surface area contributed by atoms with Crippen LogP contribution in [0.1, 0.15) is 29.8 Å². The summed E-state index contributed by atoms with van der Waals surface area (Å²) in [5, 5.41) is 8.79. The number of carbonyl (C=O) groups is 1. The molecule has 1 fully saturated rings. The Bertz CT molecular complexity index is 644. The molecule has 2 aromatic rings. The van der Waals surface area contributed by atoms with Crippen LogP contribution in [-0.4, -0.2) is 48.3 Å². The summed E-state index contributed by atoms with van der Waals surface area (Å²) in [4.78, 5) is 14.6. The summed E-state index contributed by atoms with van der Waals surface area (Å²) in [6.45, 7) is 2.05. The molecular weight excluding hydrogens is 306 g/mol. The first kappa shape index (κ1) is 16.7. The van der Waals surface area contributed by atoms with Crippen LogP contribution >= 0.6 is 0 Å². The number of piperidine rings is 1. The Labute approximate surface area is 141 Å². The van der Waals surface area contributed by atoms with Gasteiger partial charge in [0.05, 0.1) is 12.4 Å². The number of furan rings is 1. The van der Waals surface area contributed by atoms with Crippen molar-refractivity contribution in [2.75, 3.05) is 26.3 Å². The Hall–Kier alpha value is -2.11. The minimum Gasteiger partial charge on any atom is -0.459 e. The van der Waals surface area contributed by atoms with Crippen molar-refractivity contribution >= 4 is 5.91 Å². The van der Waals surface area contributed by atoms with Crippen molar-refractivity contribution in [3.8, 4) is 11.1 Å². The third-order valence-electron chi connectivity index (χ3n) is 4.33. The van der Waals surface area contributed by atoms with Gasteiger partial charge in [-0.1, -0.05) is 30.3 Å². The van der Waals surface area contributed by atoms with Crippen molar-refractivity contribution in [1.29, 1.82) is 0 Å². The molecule has 0 bridgehead atoms. The number of carbonyl (C=O) groups excluding carboxylic acids is 1. The first-order valence-electron chi connectivity index (χ1n) is 8.44. The Balaban J connectivity index is 1.62. The van der Waals surface area contributed by atoms with E-state index in [-0.39, 0.29) is 18.6 Å². The lowest BCUT2D eigenvalue weighted by molar-refractivity contribution is 0.00330. The van der Waals surface area contributed by atoms with Crippen molar-refractivity contribution in [2.24, 2.45) is 0 Å². The Morgan fingerprint density at radius 1 is 1.21 bits per heavy atom. The smallest absolute Gasteiger partial charge is 0.290 e. The maximum absolute atomic E-state index is 12.8. The molecule has 5 nitrogen and oxygen atoms in total. The molecule has 1 aliphatic rings. The maximum atomic E-state index is 12.8. The van der Waals surface area contributed by atoms with Crippen molar-refractivity contribution in [3.05, 3.63) is 48.4 Å². The first-order valence-corrected chi connectivity index (χ1v) is 8.44. The lowest BCUT2D eigenvalue weighted by Gasteiger charge is -2.31. The van der Waals surface area contributed by atoms with Crippen LogP contribution in [0.25, 0.3) is 11.1 Å². The number of amides is 1. The summed E-state index contributed by atoms with van der Waals surface area (Å²) < 4.78 is 11.2. The molecule has 0 radical (unpaired) electrons. The summed E-state index contributed by atoms with van der Waals surface area (Å²) in [6, 6.07) is 11.6. The minimum absolute atomic E-state index is 0.0624. The lowest BCUT2D eigenvalue weighted by atomic mass is 10.0. The van der Waals surface area contributed by atoms with E-state index in [1.165, 1.54) is 0 Å². The van der Waals surface area contributed by atoms with E-state index < -0.39 is 0 Å². The Kier molecular flexibility index (Phi) is 5.67. The largest absolute Gasteiger partial charge is 0.459 e. The van der Waals surface area contributed by atoms with Crippen LogP contribution in [-0.2, 0) is 4.74 Å². The Morgan fingerprint density at radius 3 is 2.67 bits per heavy atom. The SMILES string of the molecule is O=C(c1occc1-c1ccccc1)N1CCC(OCCCO)CC1. The van der Waals surface area contributed by atoms with E-state index >= 15 is 0 Å². The van der Waals surface area contributed by atoms with Crippen molar-refractivity contribution in [1.82, 2.24) is 4.90 Å². The quantitative estimate of drug-likeness (QED) is 0.828. The Morgan fingerprint density at radius 2 is 1.96 bits per heavy atom. The molecule has 24 heavy (non-hydrogen) atoms. The van der Waals surface area contributed by atoms with E-state index in [1.54, 1.807) is 6.26 Å². The van der Waals surface area contributed by atoms with E-state index in [2.05, 4.69) is 0 Å². The van der Waals surface area contributed by atoms with Gasteiger partial charge in [0.15, 0.2) is 5.76 Å². The van der Waals surface area contributed by atoms with E-state index in [9.17, 15) is 4.79 Å². The highest BCUT2D eigenvalue weighted by atomic mass is 16.5. The van der Waals surface area contributed by atoms with Gasteiger partial charge < -0.3 is 19.2 Å². The van der Waals surface area contributed by atoms with Gasteiger partial charge in [0.2, 0.25) is 0 Å². The zero-order valence-electron chi connectivity index (χ0n) is 13.7. The molecule has 2 heterocycles. The highest BCUT2D eigenvalue weighted by Gasteiger charge is 2.27. The molecule has 5 heteroatoms. The average Bonchev–Trinajstić information content (AvgIpc) is 3.12. The van der Waals surface area contributed by atoms with Crippen LogP contribution in [0.4, 0.5) is 0 Å². The molecule has 128 valence electrons. The normalized spacial score (nSPS) is 15.6. The molecule has 1 aromatic heterocycles. The lowest BCUT2D eigenvalue weighted by Crippen LogP contribution is -2.41. The number of hydrogen-bond donors (Lipinski definition) is 1. The highest BCUT2D eigenvalue weighted by Crippen LogP contribution is 2.27. The second-order valence-electron chi connectivity index (χ2n) is 5.97. The summed E-state index contributed by atoms with van der Waals surface area (Å²) in [5.74, 6) is 0.341. The van der Waals surface area contributed by atoms with Crippen LogP contribution in [0.2, 0.25) is 0 Å². The molecule has 0 unspecified atom stereocenters. The number of likely N-dealkylation sites (tertiary alicyclic amines) is 1. The summed E-state index contributed by atoms with van der Waals surface area (Å²) in [6.07, 6.45) is 4.04. The molecule has 1 saturated heterocycles. The van der Waals surface area contributed by atoms with Gasteiger partial charge in [0.25, 0.3) is 5.91 Å². The second-order valence-corrected chi connectivity index (χ2v) is 5.97. The average molecular weight is 329 g/mol. The minimum atomic E-state index is -0.0624. The molecule has 0 atom stereocenters. The third-order valence-corrected chi connectivity index (χ3v) is 4.33. The van der Waals surface area contributed by atoms with Gasteiger partial charge in [-0.15, -0.1) is 0 Å². The van der Waals surface area contributed by atoms with Crippen LogP contribution in [0.5, 0.6) is 0 Å². The molecular formula is C19H23NO4. The predicted molar refractivity (Wildman–Crippen MR) is 90.7 cm³/mol. The van der Waals surface area contributed by atoms with Crippen molar-refractivity contribution in [2.45, 2.75) is 25.4 Å². The van der Waals surface area contributed by atoms with E-state index in [0.717, 1.165) is 24.0 Å². The molecule has 0 saturated carbocycles. The molecule has 1 N–H and O–H groups in total. The van der Waals surface area contributed by atoms with Crippen LogP contribution in [0, 0.1) is 0 Å². The molecule has 0 spiro atoms. The zero-order chi connectivity index (χ0) is 16.8. The van der Waals surface area contributed by atoms with E-state index in [0.29, 0.717) is 31.9 Å². The first-order chi connectivity index (χ1) is 11.8. The van der Waals surface area contributed by atoms with Crippen molar-refractivity contribution in [3.63, 3.8) is 0 Å². The van der Waals surface area contributed by atoms with Crippen LogP contribution in [0.15, 0.2) is 47.1 Å². The highest BCUT2D eigenvalue weighted by molar-refractivity contribution is 5.98. The van der Waals surface area contributed by atoms with E-state index in [4.69, 9.17) is 14.3 Å². The number of aliphatic hydroxyl groups is 1. The van der Waals surface area contributed by atoms with Gasteiger partial charge in [0.1, 0.15) is 0 Å². The third kappa shape index (κ3) is 3.86. The molecule has 0 aliphatic carbocycles. The monoisotopic (exact) mass is 329 g/mol. The van der Waals surface area contributed by atoms with Gasteiger partial charge in [-0.05, 0) is 30.9 Å². The number of benzene rings is 1. The summed E-state index contributed by atoms with van der Waals surface area (Å²) in [7, 11) is 0. The number of hydrogen-bond acceptors (Lipinski definition) is 4. The molecule has 1 amide bonds. The fourth-order valence-corrected chi connectivity index (χ4v) is 3.00.